The molecule has 0 bridgehead atoms. The van der Waals surface area contributed by atoms with Crippen LogP contribution in [0.15, 0.2) is 0 Å². The van der Waals surface area contributed by atoms with E-state index in [1.807, 2.05) is 0 Å². The second-order valence-electron chi connectivity index (χ2n) is 2.26. The molecule has 0 aromatic rings. The van der Waals surface area contributed by atoms with E-state index in [0.717, 1.165) is 0 Å². The van der Waals surface area contributed by atoms with E-state index >= 15 is 0 Å². The zero-order valence-electron chi connectivity index (χ0n) is 6.33. The molecule has 0 radical (unpaired) electrons. The van der Waals surface area contributed by atoms with E-state index in [1.165, 1.54) is 0 Å². The topological polar surface area (TPSA) is 9.23 Å². The molecule has 0 fully saturated rings. The fourth-order valence-corrected chi connectivity index (χ4v) is 0.376. The Balaban J connectivity index is 4.00. The van der Waals surface area contributed by atoms with Crippen molar-refractivity contribution in [2.24, 2.45) is 0 Å². The Morgan fingerprint density at radius 2 is 1.64 bits per heavy atom. The first-order valence-corrected chi connectivity index (χ1v) is 3.21. The van der Waals surface area contributed by atoms with Crippen LogP contribution < -0.4 is 0 Å². The molecule has 5 heteroatoms. The van der Waals surface area contributed by atoms with Crippen molar-refractivity contribution in [3.63, 3.8) is 0 Å². The minimum atomic E-state index is -4.94. The third-order valence-corrected chi connectivity index (χ3v) is 1.08. The minimum absolute atomic E-state index is 0.230. The highest BCUT2D eigenvalue weighted by molar-refractivity contribution is 4.70. The number of alkyl halides is 4. The molecular weight excluding hydrogens is 164 g/mol. The van der Waals surface area contributed by atoms with Crippen LogP contribution in [0.4, 0.5) is 17.6 Å². The summed E-state index contributed by atoms with van der Waals surface area (Å²) in [6.45, 7) is 1.74. The average molecular weight is 174 g/mol. The zero-order chi connectivity index (χ0) is 9.12. The Morgan fingerprint density at radius 3 is 1.91 bits per heavy atom. The average Bonchev–Trinajstić information content (AvgIpc) is 1.81. The SMILES string of the molecule is CCCOC(C)(F)C(F)(F)F. The molecule has 0 aliphatic heterocycles. The summed E-state index contributed by atoms with van der Waals surface area (Å²) in [5.41, 5.74) is 0. The summed E-state index contributed by atoms with van der Waals surface area (Å²) in [4.78, 5) is 0. The second-order valence-corrected chi connectivity index (χ2v) is 2.26. The molecule has 1 nitrogen and oxygen atoms in total. The van der Waals surface area contributed by atoms with Crippen molar-refractivity contribution in [1.82, 2.24) is 0 Å². The third kappa shape index (κ3) is 3.05. The lowest BCUT2D eigenvalue weighted by atomic mass is 10.3. The van der Waals surface area contributed by atoms with Gasteiger partial charge in [-0.2, -0.15) is 13.2 Å². The molecule has 0 rings (SSSR count). The van der Waals surface area contributed by atoms with Gasteiger partial charge in [0, 0.05) is 6.92 Å². The third-order valence-electron chi connectivity index (χ3n) is 1.08. The Morgan fingerprint density at radius 1 is 1.18 bits per heavy atom. The van der Waals surface area contributed by atoms with Crippen molar-refractivity contribution in [2.45, 2.75) is 32.3 Å². The van der Waals surface area contributed by atoms with Crippen LogP contribution in [0.5, 0.6) is 0 Å². The van der Waals surface area contributed by atoms with Crippen molar-refractivity contribution < 1.29 is 22.3 Å². The monoisotopic (exact) mass is 174 g/mol. The van der Waals surface area contributed by atoms with E-state index in [-0.39, 0.29) is 6.61 Å². The van der Waals surface area contributed by atoms with E-state index in [9.17, 15) is 17.6 Å². The summed E-state index contributed by atoms with van der Waals surface area (Å²) in [6.07, 6.45) is -4.59. The maximum atomic E-state index is 12.4. The van der Waals surface area contributed by atoms with E-state index in [1.54, 1.807) is 6.92 Å². The smallest absolute Gasteiger partial charge is 0.339 e. The second kappa shape index (κ2) is 3.38. The van der Waals surface area contributed by atoms with Crippen LogP contribution in [0.3, 0.4) is 0 Å². The molecule has 0 heterocycles. The summed E-state index contributed by atoms with van der Waals surface area (Å²) in [7, 11) is 0. The maximum absolute atomic E-state index is 12.4. The van der Waals surface area contributed by atoms with Gasteiger partial charge in [-0.05, 0) is 6.42 Å². The Hall–Kier alpha value is -0.320. The molecule has 0 spiro atoms. The number of ether oxygens (including phenoxy) is 1. The van der Waals surface area contributed by atoms with Crippen LogP contribution in [-0.2, 0) is 4.74 Å². The number of hydrogen-bond acceptors (Lipinski definition) is 1. The predicted molar refractivity (Wildman–Crippen MR) is 31.8 cm³/mol. The van der Waals surface area contributed by atoms with Gasteiger partial charge in [0.05, 0.1) is 6.61 Å². The van der Waals surface area contributed by atoms with Gasteiger partial charge < -0.3 is 4.74 Å². The molecule has 0 saturated heterocycles. The van der Waals surface area contributed by atoms with E-state index < -0.39 is 12.0 Å². The van der Waals surface area contributed by atoms with Gasteiger partial charge in [-0.3, -0.25) is 0 Å². The molecule has 1 atom stereocenters. The Kier molecular flexibility index (Phi) is 3.29. The fourth-order valence-electron chi connectivity index (χ4n) is 0.376. The van der Waals surface area contributed by atoms with E-state index in [2.05, 4.69) is 4.74 Å². The van der Waals surface area contributed by atoms with Gasteiger partial charge in [0.25, 0.3) is 0 Å². The number of halogens is 4. The summed E-state index contributed by atoms with van der Waals surface area (Å²) in [5, 5.41) is 0. The van der Waals surface area contributed by atoms with Gasteiger partial charge in [0.2, 0.25) is 0 Å². The van der Waals surface area contributed by atoms with Gasteiger partial charge in [-0.25, -0.2) is 4.39 Å². The van der Waals surface area contributed by atoms with Crippen LogP contribution >= 0.6 is 0 Å². The summed E-state index contributed by atoms with van der Waals surface area (Å²) >= 11 is 0. The largest absolute Gasteiger partial charge is 0.448 e. The van der Waals surface area contributed by atoms with Gasteiger partial charge in [0.1, 0.15) is 0 Å². The molecule has 0 N–H and O–H groups in total. The lowest BCUT2D eigenvalue weighted by Gasteiger charge is -2.23. The van der Waals surface area contributed by atoms with Crippen LogP contribution in [0, 0.1) is 0 Å². The molecular formula is C6H10F4O. The number of rotatable bonds is 3. The Bertz CT molecular complexity index is 118. The fraction of sp³-hybridized carbons (Fsp3) is 1.00. The molecule has 11 heavy (non-hydrogen) atoms. The van der Waals surface area contributed by atoms with Crippen LogP contribution in [0.2, 0.25) is 0 Å². The standard InChI is InChI=1S/C6H10F4O/c1-3-4-11-5(2,7)6(8,9)10/h3-4H2,1-2H3. The molecule has 0 aromatic heterocycles. The quantitative estimate of drug-likeness (QED) is 0.597. The lowest BCUT2D eigenvalue weighted by Crippen LogP contribution is -2.40. The molecule has 0 saturated carbocycles. The highest BCUT2D eigenvalue weighted by Gasteiger charge is 2.53. The maximum Gasteiger partial charge on any atom is 0.448 e. The minimum Gasteiger partial charge on any atom is -0.339 e. The van der Waals surface area contributed by atoms with Gasteiger partial charge in [-0.1, -0.05) is 6.92 Å². The number of hydrogen-bond donors (Lipinski definition) is 0. The highest BCUT2D eigenvalue weighted by atomic mass is 19.4. The molecule has 68 valence electrons. The van der Waals surface area contributed by atoms with Crippen LogP contribution in [0.1, 0.15) is 20.3 Å². The first kappa shape index (κ1) is 10.7. The highest BCUT2D eigenvalue weighted by Crippen LogP contribution is 2.34. The zero-order valence-corrected chi connectivity index (χ0v) is 6.33. The first-order valence-electron chi connectivity index (χ1n) is 3.21. The molecule has 0 aliphatic rings. The van der Waals surface area contributed by atoms with Gasteiger partial charge in [-0.15, -0.1) is 0 Å². The molecule has 0 aromatic carbocycles. The van der Waals surface area contributed by atoms with Crippen molar-refractivity contribution in [3.05, 3.63) is 0 Å². The van der Waals surface area contributed by atoms with Gasteiger partial charge in [0.15, 0.2) is 0 Å². The van der Waals surface area contributed by atoms with Gasteiger partial charge >= 0.3 is 12.0 Å². The van der Waals surface area contributed by atoms with E-state index in [0.29, 0.717) is 13.3 Å². The molecule has 0 aliphatic carbocycles. The van der Waals surface area contributed by atoms with E-state index in [4.69, 9.17) is 0 Å². The summed E-state index contributed by atoms with van der Waals surface area (Å²) in [6, 6.07) is 0. The van der Waals surface area contributed by atoms with Crippen LogP contribution in [0.25, 0.3) is 0 Å². The Labute approximate surface area is 62.3 Å². The normalized spacial score (nSPS) is 18.0. The van der Waals surface area contributed by atoms with Crippen molar-refractivity contribution in [1.29, 1.82) is 0 Å². The first-order chi connectivity index (χ1) is 4.81. The molecule has 0 amide bonds. The summed E-state index contributed by atoms with van der Waals surface area (Å²) < 4.78 is 51.4. The lowest BCUT2D eigenvalue weighted by molar-refractivity contribution is -0.324. The van der Waals surface area contributed by atoms with Crippen molar-refractivity contribution in [3.8, 4) is 0 Å². The molecule has 1 unspecified atom stereocenters. The van der Waals surface area contributed by atoms with Crippen molar-refractivity contribution in [2.75, 3.05) is 6.61 Å². The van der Waals surface area contributed by atoms with Crippen LogP contribution in [-0.4, -0.2) is 18.6 Å². The van der Waals surface area contributed by atoms with Crippen molar-refractivity contribution >= 4 is 0 Å². The summed E-state index contributed by atoms with van der Waals surface area (Å²) in [5.74, 6) is -3.51. The predicted octanol–water partition coefficient (Wildman–Crippen LogP) is 2.66.